The Balaban J connectivity index is 1.75. The molecule has 28 heavy (non-hydrogen) atoms. The van der Waals surface area contributed by atoms with Gasteiger partial charge in [0, 0.05) is 11.1 Å². The van der Waals surface area contributed by atoms with Gasteiger partial charge in [-0.1, -0.05) is 23.2 Å². The lowest BCUT2D eigenvalue weighted by Gasteiger charge is -2.15. The van der Waals surface area contributed by atoms with Crippen LogP contribution in [0, 0.1) is 0 Å². The van der Waals surface area contributed by atoms with Gasteiger partial charge in [-0.15, -0.1) is 0 Å². The Labute approximate surface area is 172 Å². The van der Waals surface area contributed by atoms with Crippen molar-refractivity contribution in [2.45, 2.75) is 20.0 Å². The number of nitrogens with one attached hydrogen (secondary N) is 2. The van der Waals surface area contributed by atoms with Crippen molar-refractivity contribution >= 4 is 35.0 Å². The second-order valence-corrected chi connectivity index (χ2v) is 6.41. The highest BCUT2D eigenvalue weighted by Crippen LogP contribution is 2.27. The summed E-state index contributed by atoms with van der Waals surface area (Å²) < 4.78 is 16.1. The van der Waals surface area contributed by atoms with Crippen molar-refractivity contribution in [2.75, 3.05) is 13.2 Å². The zero-order valence-electron chi connectivity index (χ0n) is 15.3. The van der Waals surface area contributed by atoms with Crippen LogP contribution in [0.15, 0.2) is 42.5 Å². The third-order valence-electron chi connectivity index (χ3n) is 3.39. The van der Waals surface area contributed by atoms with Crippen LogP contribution in [0.1, 0.15) is 13.8 Å². The van der Waals surface area contributed by atoms with E-state index in [0.29, 0.717) is 28.2 Å². The first kappa shape index (κ1) is 21.7. The monoisotopic (exact) mass is 426 g/mol. The summed E-state index contributed by atoms with van der Waals surface area (Å²) in [5, 5.41) is 0.743. The number of halogens is 2. The van der Waals surface area contributed by atoms with E-state index in [4.69, 9.17) is 37.4 Å². The predicted molar refractivity (Wildman–Crippen MR) is 106 cm³/mol. The fourth-order valence-electron chi connectivity index (χ4n) is 2.04. The number of carbonyl (C=O) groups excluding carboxylic acids is 2. The van der Waals surface area contributed by atoms with Crippen LogP contribution in [-0.2, 0) is 9.59 Å². The van der Waals surface area contributed by atoms with Gasteiger partial charge in [-0.3, -0.25) is 20.4 Å². The van der Waals surface area contributed by atoms with E-state index < -0.39 is 17.9 Å². The maximum atomic E-state index is 12.0. The van der Waals surface area contributed by atoms with Crippen LogP contribution in [0.2, 0.25) is 10.0 Å². The van der Waals surface area contributed by atoms with E-state index in [-0.39, 0.29) is 12.4 Å². The molecule has 0 aliphatic heterocycles. The Bertz CT molecular complexity index is 814. The van der Waals surface area contributed by atoms with Gasteiger partial charge in [0.05, 0.1) is 11.6 Å². The van der Waals surface area contributed by atoms with Gasteiger partial charge in [0.2, 0.25) is 0 Å². The summed E-state index contributed by atoms with van der Waals surface area (Å²) in [6.07, 6.45) is -0.832. The van der Waals surface area contributed by atoms with Crippen molar-refractivity contribution in [3.63, 3.8) is 0 Å². The third kappa shape index (κ3) is 6.83. The number of rotatable bonds is 8. The maximum absolute atomic E-state index is 12.0. The van der Waals surface area contributed by atoms with Crippen LogP contribution in [0.25, 0.3) is 0 Å². The minimum Gasteiger partial charge on any atom is -0.494 e. The van der Waals surface area contributed by atoms with Gasteiger partial charge in [0.1, 0.15) is 17.2 Å². The molecule has 7 nitrogen and oxygen atoms in total. The van der Waals surface area contributed by atoms with Gasteiger partial charge in [-0.05, 0) is 50.2 Å². The van der Waals surface area contributed by atoms with Crippen molar-refractivity contribution in [3.8, 4) is 17.2 Å². The molecule has 150 valence electrons. The van der Waals surface area contributed by atoms with E-state index >= 15 is 0 Å². The van der Waals surface area contributed by atoms with Crippen molar-refractivity contribution in [2.24, 2.45) is 0 Å². The first-order valence-electron chi connectivity index (χ1n) is 8.45. The SMILES string of the molecule is CCOc1ccc(OC(C)C(=O)NNC(=O)COc2cc(Cl)ccc2Cl)cc1. The van der Waals surface area contributed by atoms with Gasteiger partial charge < -0.3 is 14.2 Å². The number of ether oxygens (including phenoxy) is 3. The first-order valence-corrected chi connectivity index (χ1v) is 9.20. The second kappa shape index (κ2) is 10.6. The van der Waals surface area contributed by atoms with E-state index in [1.54, 1.807) is 43.3 Å². The van der Waals surface area contributed by atoms with E-state index in [1.807, 2.05) is 6.92 Å². The Kier molecular flexibility index (Phi) is 8.22. The van der Waals surface area contributed by atoms with Crippen LogP contribution >= 0.6 is 23.2 Å². The summed E-state index contributed by atoms with van der Waals surface area (Å²) in [7, 11) is 0. The fraction of sp³-hybridized carbons (Fsp3) is 0.263. The summed E-state index contributed by atoms with van der Waals surface area (Å²) in [6, 6.07) is 11.5. The molecular weight excluding hydrogens is 407 g/mol. The van der Waals surface area contributed by atoms with Gasteiger partial charge >= 0.3 is 0 Å². The molecule has 0 aromatic heterocycles. The summed E-state index contributed by atoms with van der Waals surface area (Å²) in [5.41, 5.74) is 4.51. The highest BCUT2D eigenvalue weighted by Gasteiger charge is 2.16. The summed E-state index contributed by atoms with van der Waals surface area (Å²) >= 11 is 11.8. The van der Waals surface area contributed by atoms with Crippen molar-refractivity contribution in [1.82, 2.24) is 10.9 Å². The minimum absolute atomic E-state index is 0.267. The number of carbonyl (C=O) groups is 2. The van der Waals surface area contributed by atoms with Crippen molar-refractivity contribution in [1.29, 1.82) is 0 Å². The van der Waals surface area contributed by atoms with Crippen molar-refractivity contribution in [3.05, 3.63) is 52.5 Å². The average molecular weight is 427 g/mol. The molecule has 1 unspecified atom stereocenters. The van der Waals surface area contributed by atoms with E-state index in [2.05, 4.69) is 10.9 Å². The fourth-order valence-corrected chi connectivity index (χ4v) is 2.37. The van der Waals surface area contributed by atoms with Gasteiger partial charge in [-0.2, -0.15) is 0 Å². The van der Waals surface area contributed by atoms with E-state index in [0.717, 1.165) is 0 Å². The zero-order valence-corrected chi connectivity index (χ0v) is 16.8. The molecule has 2 aromatic rings. The van der Waals surface area contributed by atoms with Crippen molar-refractivity contribution < 1.29 is 23.8 Å². The highest BCUT2D eigenvalue weighted by atomic mass is 35.5. The largest absolute Gasteiger partial charge is 0.494 e. The van der Waals surface area contributed by atoms with Gasteiger partial charge in [0.25, 0.3) is 11.8 Å². The molecule has 0 fully saturated rings. The summed E-state index contributed by atoms with van der Waals surface area (Å²) in [5.74, 6) is 0.374. The van der Waals surface area contributed by atoms with Gasteiger partial charge in [-0.25, -0.2) is 0 Å². The molecule has 9 heteroatoms. The molecule has 0 aliphatic carbocycles. The van der Waals surface area contributed by atoms with E-state index in [9.17, 15) is 9.59 Å². The Morgan fingerprint density at radius 1 is 1.00 bits per heavy atom. The lowest BCUT2D eigenvalue weighted by molar-refractivity contribution is -0.133. The molecule has 1 atom stereocenters. The lowest BCUT2D eigenvalue weighted by Crippen LogP contribution is -2.48. The maximum Gasteiger partial charge on any atom is 0.279 e. The standard InChI is InChI=1S/C19H20Cl2N2O5/c1-3-26-14-5-7-15(8-6-14)28-12(2)19(25)23-22-18(24)11-27-17-10-13(20)4-9-16(17)21/h4-10,12H,3,11H2,1-2H3,(H,22,24)(H,23,25). The molecule has 0 aliphatic rings. The van der Waals surface area contributed by atoms with Crippen LogP contribution < -0.4 is 25.1 Å². The second-order valence-electron chi connectivity index (χ2n) is 5.57. The number of hydrogen-bond donors (Lipinski definition) is 2. The van der Waals surface area contributed by atoms with Gasteiger partial charge in [0.15, 0.2) is 12.7 Å². The van der Waals surface area contributed by atoms with Crippen LogP contribution in [-0.4, -0.2) is 31.1 Å². The normalized spacial score (nSPS) is 11.3. The average Bonchev–Trinajstić information content (AvgIpc) is 2.68. The third-order valence-corrected chi connectivity index (χ3v) is 3.94. The Hall–Kier alpha value is -2.64. The highest BCUT2D eigenvalue weighted by molar-refractivity contribution is 6.34. The quantitative estimate of drug-likeness (QED) is 0.631. The minimum atomic E-state index is -0.832. The van der Waals surface area contributed by atoms with Crippen LogP contribution in [0.5, 0.6) is 17.2 Å². The topological polar surface area (TPSA) is 85.9 Å². The van der Waals surface area contributed by atoms with Crippen LogP contribution in [0.4, 0.5) is 0 Å². The molecule has 2 N–H and O–H groups in total. The Morgan fingerprint density at radius 2 is 1.68 bits per heavy atom. The molecule has 2 amide bonds. The summed E-state index contributed by atoms with van der Waals surface area (Å²) in [6.45, 7) is 3.65. The molecule has 0 heterocycles. The smallest absolute Gasteiger partial charge is 0.279 e. The molecular formula is C19H20Cl2N2O5. The molecule has 0 spiro atoms. The Morgan fingerprint density at radius 3 is 2.36 bits per heavy atom. The zero-order chi connectivity index (χ0) is 20.5. The number of hydrazine groups is 1. The molecule has 0 bridgehead atoms. The lowest BCUT2D eigenvalue weighted by atomic mass is 10.3. The molecule has 0 saturated carbocycles. The molecule has 2 aromatic carbocycles. The number of benzene rings is 2. The summed E-state index contributed by atoms with van der Waals surface area (Å²) in [4.78, 5) is 23.9. The molecule has 2 rings (SSSR count). The molecule has 0 saturated heterocycles. The first-order chi connectivity index (χ1) is 13.4. The number of hydrogen-bond acceptors (Lipinski definition) is 5. The molecule has 0 radical (unpaired) electrons. The van der Waals surface area contributed by atoms with E-state index in [1.165, 1.54) is 6.07 Å². The number of amides is 2. The van der Waals surface area contributed by atoms with Crippen LogP contribution in [0.3, 0.4) is 0 Å². The predicted octanol–water partition coefficient (Wildman–Crippen LogP) is 3.39.